The number of ether oxygens (including phenoxy) is 2. The summed E-state index contributed by atoms with van der Waals surface area (Å²) in [4.78, 5) is 4.71. The van der Waals surface area contributed by atoms with Gasteiger partial charge in [0.05, 0.1) is 18.9 Å². The van der Waals surface area contributed by atoms with Gasteiger partial charge >= 0.3 is 0 Å². The molecule has 0 amide bonds. The zero-order valence-corrected chi connectivity index (χ0v) is 19.4. The number of aromatic nitrogens is 2. The highest BCUT2D eigenvalue weighted by Gasteiger charge is 2.12. The average molecular weight is 499 g/mol. The quantitative estimate of drug-likeness (QED) is 0.375. The van der Waals surface area contributed by atoms with E-state index < -0.39 is 0 Å². The summed E-state index contributed by atoms with van der Waals surface area (Å²) in [7, 11) is 1.98. The minimum atomic E-state index is 0. The molecule has 0 bridgehead atoms. The molecule has 1 aromatic heterocycles. The van der Waals surface area contributed by atoms with Crippen LogP contribution in [-0.4, -0.2) is 42.0 Å². The first kappa shape index (κ1) is 22.3. The smallest absolute Gasteiger partial charge is 0.195 e. The zero-order valence-electron chi connectivity index (χ0n) is 17.0. The van der Waals surface area contributed by atoms with E-state index in [0.29, 0.717) is 19.8 Å². The van der Waals surface area contributed by atoms with E-state index in [1.54, 1.807) is 0 Å². The minimum absolute atomic E-state index is 0. The average Bonchev–Trinajstić information content (AvgIpc) is 2.82. The van der Waals surface area contributed by atoms with Crippen molar-refractivity contribution < 1.29 is 9.47 Å². The lowest BCUT2D eigenvalue weighted by Gasteiger charge is -2.13. The molecule has 0 radical (unpaired) electrons. The van der Waals surface area contributed by atoms with Crippen LogP contribution in [0.4, 0.5) is 5.69 Å². The molecule has 8 heteroatoms. The SMILES string of the molecule is CCNC(=NCCc1c(C)nn(C)c1C)Nc1ccc2c(c1)OCCCO2.I. The van der Waals surface area contributed by atoms with Crippen molar-refractivity contribution in [2.45, 2.75) is 33.6 Å². The van der Waals surface area contributed by atoms with Crippen molar-refractivity contribution in [2.75, 3.05) is 31.6 Å². The standard InChI is InChI=1S/C20H29N5O2.HI/c1-5-21-20(22-10-9-17-14(2)24-25(4)15(17)3)23-16-7-8-18-19(13-16)27-12-6-11-26-18;/h7-8,13H,5-6,9-12H2,1-4H3,(H2,21,22,23);1H. The fourth-order valence-electron chi connectivity index (χ4n) is 3.14. The highest BCUT2D eigenvalue weighted by Crippen LogP contribution is 2.32. The summed E-state index contributed by atoms with van der Waals surface area (Å²) in [5.41, 5.74) is 4.47. The van der Waals surface area contributed by atoms with Gasteiger partial charge in [-0.15, -0.1) is 24.0 Å². The molecule has 154 valence electrons. The van der Waals surface area contributed by atoms with E-state index in [9.17, 15) is 0 Å². The van der Waals surface area contributed by atoms with E-state index in [0.717, 1.165) is 48.2 Å². The van der Waals surface area contributed by atoms with Gasteiger partial charge in [-0.25, -0.2) is 0 Å². The largest absolute Gasteiger partial charge is 0.490 e. The zero-order chi connectivity index (χ0) is 19.2. The van der Waals surface area contributed by atoms with E-state index >= 15 is 0 Å². The molecule has 0 atom stereocenters. The van der Waals surface area contributed by atoms with Crippen LogP contribution < -0.4 is 20.1 Å². The Morgan fingerprint density at radius 2 is 1.96 bits per heavy atom. The Kier molecular flexibility index (Phi) is 8.40. The van der Waals surface area contributed by atoms with Crippen LogP contribution in [0.15, 0.2) is 23.2 Å². The molecule has 2 aromatic rings. The number of anilines is 1. The van der Waals surface area contributed by atoms with Crippen LogP contribution in [0, 0.1) is 13.8 Å². The van der Waals surface area contributed by atoms with Crippen LogP contribution in [0.2, 0.25) is 0 Å². The summed E-state index contributed by atoms with van der Waals surface area (Å²) in [6.45, 7) is 9.05. The van der Waals surface area contributed by atoms with Gasteiger partial charge in [-0.05, 0) is 44.9 Å². The second-order valence-electron chi connectivity index (χ2n) is 6.62. The normalized spacial score (nSPS) is 13.5. The number of benzene rings is 1. The number of hydrogen-bond donors (Lipinski definition) is 2. The molecule has 0 unspecified atom stereocenters. The first-order chi connectivity index (χ1) is 13.1. The molecule has 0 saturated heterocycles. The van der Waals surface area contributed by atoms with Crippen LogP contribution in [-0.2, 0) is 13.5 Å². The van der Waals surface area contributed by atoms with E-state index in [-0.39, 0.29) is 24.0 Å². The van der Waals surface area contributed by atoms with Crippen LogP contribution in [0.1, 0.15) is 30.3 Å². The summed E-state index contributed by atoms with van der Waals surface area (Å²) in [6.07, 6.45) is 1.76. The number of aliphatic imine (C=N–C) groups is 1. The molecule has 1 aliphatic heterocycles. The summed E-state index contributed by atoms with van der Waals surface area (Å²) in [5.74, 6) is 2.32. The van der Waals surface area contributed by atoms with Gasteiger partial charge < -0.3 is 20.1 Å². The molecule has 7 nitrogen and oxygen atoms in total. The topological polar surface area (TPSA) is 72.7 Å². The van der Waals surface area contributed by atoms with Crippen molar-refractivity contribution in [3.8, 4) is 11.5 Å². The molecule has 3 rings (SSSR count). The molecular formula is C20H30IN5O2. The number of hydrogen-bond acceptors (Lipinski definition) is 4. The monoisotopic (exact) mass is 499 g/mol. The third kappa shape index (κ3) is 5.52. The van der Waals surface area contributed by atoms with E-state index in [2.05, 4.69) is 29.6 Å². The summed E-state index contributed by atoms with van der Waals surface area (Å²) in [5, 5.41) is 11.1. The van der Waals surface area contributed by atoms with E-state index in [4.69, 9.17) is 14.5 Å². The molecule has 28 heavy (non-hydrogen) atoms. The summed E-state index contributed by atoms with van der Waals surface area (Å²) >= 11 is 0. The van der Waals surface area contributed by atoms with Gasteiger partial charge in [0.1, 0.15) is 0 Å². The number of halogens is 1. The van der Waals surface area contributed by atoms with Crippen LogP contribution in [0.5, 0.6) is 11.5 Å². The molecule has 1 aliphatic rings. The lowest BCUT2D eigenvalue weighted by Crippen LogP contribution is -2.31. The molecule has 1 aromatic carbocycles. The van der Waals surface area contributed by atoms with Crippen molar-refractivity contribution in [3.63, 3.8) is 0 Å². The Morgan fingerprint density at radius 1 is 1.21 bits per heavy atom. The number of fused-ring (bicyclic) bond motifs is 1. The summed E-state index contributed by atoms with van der Waals surface area (Å²) < 4.78 is 13.4. The first-order valence-electron chi connectivity index (χ1n) is 9.52. The van der Waals surface area contributed by atoms with Gasteiger partial charge in [-0.2, -0.15) is 5.10 Å². The van der Waals surface area contributed by atoms with Gasteiger partial charge in [-0.3, -0.25) is 9.67 Å². The number of nitrogens with one attached hydrogen (secondary N) is 2. The Hall–Kier alpha value is -1.97. The number of nitrogens with zero attached hydrogens (tertiary/aromatic N) is 3. The predicted molar refractivity (Wildman–Crippen MR) is 123 cm³/mol. The molecule has 2 heterocycles. The second kappa shape index (κ2) is 10.5. The van der Waals surface area contributed by atoms with Crippen molar-refractivity contribution in [2.24, 2.45) is 12.0 Å². The van der Waals surface area contributed by atoms with Crippen molar-refractivity contribution in [1.82, 2.24) is 15.1 Å². The Balaban J connectivity index is 0.00000280. The fraction of sp³-hybridized carbons (Fsp3) is 0.500. The van der Waals surface area contributed by atoms with Gasteiger partial charge in [0.2, 0.25) is 0 Å². The highest BCUT2D eigenvalue weighted by atomic mass is 127. The third-order valence-corrected chi connectivity index (χ3v) is 4.65. The molecule has 0 fully saturated rings. The van der Waals surface area contributed by atoms with Crippen molar-refractivity contribution >= 4 is 35.6 Å². The predicted octanol–water partition coefficient (Wildman–Crippen LogP) is 3.44. The lowest BCUT2D eigenvalue weighted by molar-refractivity contribution is 0.297. The first-order valence-corrected chi connectivity index (χ1v) is 9.52. The molecule has 2 N–H and O–H groups in total. The molecule has 0 aliphatic carbocycles. The third-order valence-electron chi connectivity index (χ3n) is 4.65. The summed E-state index contributed by atoms with van der Waals surface area (Å²) in [6, 6.07) is 5.88. The number of aryl methyl sites for hydroxylation is 2. The van der Waals surface area contributed by atoms with Gasteiger partial charge in [0.15, 0.2) is 17.5 Å². The maximum Gasteiger partial charge on any atom is 0.195 e. The van der Waals surface area contributed by atoms with E-state index in [1.165, 1.54) is 11.3 Å². The van der Waals surface area contributed by atoms with Crippen LogP contribution in [0.3, 0.4) is 0 Å². The fourth-order valence-corrected chi connectivity index (χ4v) is 3.14. The van der Waals surface area contributed by atoms with Crippen molar-refractivity contribution in [3.05, 3.63) is 35.2 Å². The highest BCUT2D eigenvalue weighted by molar-refractivity contribution is 14.0. The number of guanidine groups is 1. The van der Waals surface area contributed by atoms with Gasteiger partial charge in [0, 0.05) is 44.0 Å². The minimum Gasteiger partial charge on any atom is -0.490 e. The Bertz CT molecular complexity index is 819. The Labute approximate surface area is 183 Å². The maximum absolute atomic E-state index is 5.76. The second-order valence-corrected chi connectivity index (χ2v) is 6.62. The van der Waals surface area contributed by atoms with Gasteiger partial charge in [-0.1, -0.05) is 0 Å². The van der Waals surface area contributed by atoms with Gasteiger partial charge in [0.25, 0.3) is 0 Å². The van der Waals surface area contributed by atoms with E-state index in [1.807, 2.05) is 36.9 Å². The van der Waals surface area contributed by atoms with Crippen molar-refractivity contribution in [1.29, 1.82) is 0 Å². The van der Waals surface area contributed by atoms with Crippen LogP contribution in [0.25, 0.3) is 0 Å². The number of rotatable bonds is 5. The molecular weight excluding hydrogens is 469 g/mol. The van der Waals surface area contributed by atoms with Crippen LogP contribution >= 0.6 is 24.0 Å². The maximum atomic E-state index is 5.76. The Morgan fingerprint density at radius 3 is 2.64 bits per heavy atom. The lowest BCUT2D eigenvalue weighted by atomic mass is 10.1. The molecule has 0 spiro atoms. The molecule has 0 saturated carbocycles.